The maximum Gasteiger partial charge on any atom is 0.326 e. The van der Waals surface area contributed by atoms with Gasteiger partial charge in [-0.3, -0.25) is 4.79 Å². The number of carboxylic acid groups (broad SMARTS) is 1. The molecule has 2 aliphatic heterocycles. The topological polar surface area (TPSA) is 194 Å². The zero-order valence-electron chi connectivity index (χ0n) is 33.6. The first-order valence-electron chi connectivity index (χ1n) is 19.7. The SMILES string of the molecule is Cc1cc(N)ncc1S(=O)(=O)N1Cc2cc3c(cc2CC1C(=O)NC(Cc1ccc(-c2ccc(C#N)cc2)cc1)C(=O)O)OCC(c1ccc(OCc2ccc(Cl)c(Cl)c2)cc1)O3. The Kier molecular flexibility index (Phi) is 12.3. The van der Waals surface area contributed by atoms with Crippen LogP contribution >= 0.6 is 23.2 Å². The minimum absolute atomic E-state index is 0.0693. The third-order valence-electron chi connectivity index (χ3n) is 11.0. The van der Waals surface area contributed by atoms with Crippen LogP contribution in [-0.2, 0) is 45.6 Å². The van der Waals surface area contributed by atoms with Crippen LogP contribution in [0.3, 0.4) is 0 Å². The molecule has 13 nitrogen and oxygen atoms in total. The van der Waals surface area contributed by atoms with E-state index in [1.807, 2.05) is 54.6 Å². The zero-order chi connectivity index (χ0) is 44.4. The number of rotatable bonds is 12. The average Bonchev–Trinajstić information content (AvgIpc) is 3.28. The van der Waals surface area contributed by atoms with Crippen LogP contribution < -0.4 is 25.3 Å². The van der Waals surface area contributed by atoms with Crippen molar-refractivity contribution in [3.05, 3.63) is 164 Å². The van der Waals surface area contributed by atoms with Gasteiger partial charge >= 0.3 is 5.97 Å². The Balaban J connectivity index is 1.02. The molecule has 0 saturated carbocycles. The molecule has 0 aliphatic carbocycles. The monoisotopic (exact) mass is 903 g/mol. The number of nitrogens with zero attached hydrogens (tertiary/aromatic N) is 3. The Labute approximate surface area is 373 Å². The van der Waals surface area contributed by atoms with Gasteiger partial charge in [0.15, 0.2) is 17.6 Å². The molecule has 0 saturated heterocycles. The van der Waals surface area contributed by atoms with Gasteiger partial charge in [0.05, 0.1) is 21.7 Å². The molecule has 2 aliphatic rings. The number of fused-ring (bicyclic) bond motifs is 2. The molecule has 4 N–H and O–H groups in total. The van der Waals surface area contributed by atoms with Crippen LogP contribution in [0.5, 0.6) is 17.2 Å². The van der Waals surface area contributed by atoms with E-state index in [2.05, 4.69) is 16.4 Å². The maximum atomic E-state index is 14.5. The van der Waals surface area contributed by atoms with Crippen molar-refractivity contribution in [1.82, 2.24) is 14.6 Å². The highest BCUT2D eigenvalue weighted by Gasteiger charge is 2.42. The third-order valence-corrected chi connectivity index (χ3v) is 13.7. The van der Waals surface area contributed by atoms with Crippen LogP contribution in [0.1, 0.15) is 45.0 Å². The fourth-order valence-electron chi connectivity index (χ4n) is 7.58. The van der Waals surface area contributed by atoms with E-state index < -0.39 is 40.1 Å². The molecule has 3 heterocycles. The van der Waals surface area contributed by atoms with Gasteiger partial charge in [-0.05, 0) is 112 Å². The van der Waals surface area contributed by atoms with Crippen molar-refractivity contribution in [3.8, 4) is 34.4 Å². The Hall–Kier alpha value is -6.63. The lowest BCUT2D eigenvalue weighted by molar-refractivity contribution is -0.142. The summed E-state index contributed by atoms with van der Waals surface area (Å²) >= 11 is 12.2. The second-order valence-electron chi connectivity index (χ2n) is 15.2. The number of carbonyl (C=O) groups is 2. The number of nitrogen functional groups attached to an aromatic ring is 1. The smallest absolute Gasteiger partial charge is 0.326 e. The van der Waals surface area contributed by atoms with E-state index in [4.69, 9.17) is 48.4 Å². The second-order valence-corrected chi connectivity index (χ2v) is 17.9. The molecule has 8 rings (SSSR count). The zero-order valence-corrected chi connectivity index (χ0v) is 36.0. The number of ether oxygens (including phenoxy) is 3. The maximum absolute atomic E-state index is 14.5. The minimum atomic E-state index is -4.41. The lowest BCUT2D eigenvalue weighted by Gasteiger charge is -2.37. The highest BCUT2D eigenvalue weighted by atomic mass is 35.5. The van der Waals surface area contributed by atoms with Crippen molar-refractivity contribution in [2.75, 3.05) is 12.3 Å². The van der Waals surface area contributed by atoms with Crippen LogP contribution in [0.2, 0.25) is 10.0 Å². The van der Waals surface area contributed by atoms with E-state index in [0.717, 1.165) is 32.8 Å². The number of nitriles is 1. The van der Waals surface area contributed by atoms with Crippen LogP contribution in [0.15, 0.2) is 120 Å². The number of benzene rings is 5. The fraction of sp³-hybridized carbons (Fsp3) is 0.191. The molecule has 5 aromatic carbocycles. The lowest BCUT2D eigenvalue weighted by atomic mass is 9.93. The number of pyridine rings is 1. The number of aryl methyl sites for hydroxylation is 1. The summed E-state index contributed by atoms with van der Waals surface area (Å²) in [5.74, 6) is -0.496. The van der Waals surface area contributed by atoms with E-state index in [-0.39, 0.29) is 36.7 Å². The number of carbonyl (C=O) groups excluding carboxylic acids is 1. The highest BCUT2D eigenvalue weighted by molar-refractivity contribution is 7.89. The van der Waals surface area contributed by atoms with Crippen molar-refractivity contribution in [2.24, 2.45) is 0 Å². The first kappa shape index (κ1) is 43.0. The first-order chi connectivity index (χ1) is 30.2. The summed E-state index contributed by atoms with van der Waals surface area (Å²) in [5, 5.41) is 22.9. The molecule has 63 heavy (non-hydrogen) atoms. The van der Waals surface area contributed by atoms with E-state index in [0.29, 0.717) is 61.7 Å². The Morgan fingerprint density at radius 2 is 1.62 bits per heavy atom. The van der Waals surface area contributed by atoms with E-state index in [9.17, 15) is 23.1 Å². The number of halogens is 2. The van der Waals surface area contributed by atoms with Gasteiger partial charge in [-0.2, -0.15) is 9.57 Å². The molecular weight excluding hydrogens is 866 g/mol. The molecule has 3 atom stereocenters. The van der Waals surface area contributed by atoms with Crippen molar-refractivity contribution >= 4 is 50.9 Å². The molecule has 16 heteroatoms. The summed E-state index contributed by atoms with van der Waals surface area (Å²) in [4.78, 5) is 30.8. The molecule has 320 valence electrons. The largest absolute Gasteiger partial charge is 0.489 e. The normalized spacial score (nSPS) is 16.3. The molecule has 0 fully saturated rings. The summed E-state index contributed by atoms with van der Waals surface area (Å²) in [6.07, 6.45) is 0.506. The number of carboxylic acids is 1. The Morgan fingerprint density at radius 1 is 0.937 bits per heavy atom. The third kappa shape index (κ3) is 9.42. The molecule has 0 bridgehead atoms. The van der Waals surface area contributed by atoms with Crippen molar-refractivity contribution in [1.29, 1.82) is 5.26 Å². The number of aliphatic carboxylic acids is 1. The van der Waals surface area contributed by atoms with E-state index in [1.165, 1.54) is 6.07 Å². The number of nitrogens with two attached hydrogens (primary N) is 1. The predicted octanol–water partition coefficient (Wildman–Crippen LogP) is 7.84. The van der Waals surface area contributed by atoms with Crippen molar-refractivity contribution < 1.29 is 37.3 Å². The van der Waals surface area contributed by atoms with Gasteiger partial charge in [-0.25, -0.2) is 18.2 Å². The molecule has 0 radical (unpaired) electrons. The van der Waals surface area contributed by atoms with Gasteiger partial charge in [0, 0.05) is 19.2 Å². The summed E-state index contributed by atoms with van der Waals surface area (Å²) in [6.45, 7) is 1.82. The Bertz CT molecular complexity index is 2870. The van der Waals surface area contributed by atoms with Crippen molar-refractivity contribution in [3.63, 3.8) is 0 Å². The van der Waals surface area contributed by atoms with Crippen LogP contribution in [-0.4, -0.2) is 53.4 Å². The predicted molar refractivity (Wildman–Crippen MR) is 236 cm³/mol. The first-order valence-corrected chi connectivity index (χ1v) is 21.9. The molecule has 6 aromatic rings. The van der Waals surface area contributed by atoms with Crippen LogP contribution in [0.25, 0.3) is 11.1 Å². The van der Waals surface area contributed by atoms with Gasteiger partial charge < -0.3 is 30.4 Å². The van der Waals surface area contributed by atoms with E-state index >= 15 is 0 Å². The Morgan fingerprint density at radius 3 is 2.29 bits per heavy atom. The van der Waals surface area contributed by atoms with E-state index in [1.54, 1.807) is 55.5 Å². The number of amides is 1. The minimum Gasteiger partial charge on any atom is -0.489 e. The number of sulfonamides is 1. The van der Waals surface area contributed by atoms with Gasteiger partial charge in [-0.1, -0.05) is 77.8 Å². The van der Waals surface area contributed by atoms with Crippen LogP contribution in [0, 0.1) is 18.3 Å². The summed E-state index contributed by atoms with van der Waals surface area (Å²) in [5.41, 5.74) is 12.0. The molecule has 1 aromatic heterocycles. The number of anilines is 1. The number of hydrogen-bond acceptors (Lipinski definition) is 10. The molecule has 0 spiro atoms. The fourth-order valence-corrected chi connectivity index (χ4v) is 9.62. The quantitative estimate of drug-likeness (QED) is 0.108. The number of aromatic nitrogens is 1. The van der Waals surface area contributed by atoms with Crippen molar-refractivity contribution in [2.45, 2.75) is 56.0 Å². The summed E-state index contributed by atoms with van der Waals surface area (Å²) in [7, 11) is -4.41. The van der Waals surface area contributed by atoms with Gasteiger partial charge in [0.25, 0.3) is 0 Å². The summed E-state index contributed by atoms with van der Waals surface area (Å²) < 4.78 is 48.6. The van der Waals surface area contributed by atoms with Crippen LogP contribution in [0.4, 0.5) is 5.82 Å². The van der Waals surface area contributed by atoms with Gasteiger partial charge in [0.2, 0.25) is 15.9 Å². The number of nitrogens with one attached hydrogen (secondary N) is 1. The second kappa shape index (κ2) is 18.0. The molecular formula is C47H39Cl2N5O8S. The average molecular weight is 905 g/mol. The summed E-state index contributed by atoms with van der Waals surface area (Å²) in [6, 6.07) is 31.2. The molecule has 1 amide bonds. The van der Waals surface area contributed by atoms with Gasteiger partial charge in [-0.15, -0.1) is 0 Å². The number of hydrogen-bond donors (Lipinski definition) is 3. The molecule has 3 unspecified atom stereocenters. The van der Waals surface area contributed by atoms with Gasteiger partial charge in [0.1, 0.15) is 41.8 Å². The lowest BCUT2D eigenvalue weighted by Crippen LogP contribution is -2.55. The highest BCUT2D eigenvalue weighted by Crippen LogP contribution is 2.42. The standard InChI is InChI=1S/C47H39Cl2N5O8S/c1-27-16-45(51)52-23-44(27)63(58,59)54-24-35-21-42-41(61-26-43(62-42)33-11-13-36(14-12-33)60-25-30-6-15-37(48)38(49)17-30)20-34(35)19-40(54)46(55)53-39(47(56)57)18-28-2-7-31(8-3-28)32-9-4-29(22-50)5-10-32/h2-17,20-21,23,39-40,43H,18-19,24-26H2,1H3,(H2,51,52)(H,53,55)(H,56,57).